The number of carbonyl (C=O) groups excluding carboxylic acids is 2. The van der Waals surface area contributed by atoms with Gasteiger partial charge in [-0.2, -0.15) is 0 Å². The molecule has 2 saturated carbocycles. The molecule has 13 heteroatoms. The molecule has 3 fully saturated rings. The molecule has 6 rings (SSSR count). The first-order chi connectivity index (χ1) is 20.7. The summed E-state index contributed by atoms with van der Waals surface area (Å²) >= 11 is 0. The van der Waals surface area contributed by atoms with E-state index in [0.29, 0.717) is 29.8 Å². The number of hydrogen-bond donors (Lipinski definition) is 3. The van der Waals surface area contributed by atoms with E-state index in [1.165, 1.54) is 36.8 Å². The van der Waals surface area contributed by atoms with Crippen LogP contribution in [0.5, 0.6) is 0 Å². The molecule has 0 bridgehead atoms. The van der Waals surface area contributed by atoms with E-state index >= 15 is 4.39 Å². The molecule has 0 unspecified atom stereocenters. The number of halogens is 3. The van der Waals surface area contributed by atoms with Gasteiger partial charge in [-0.25, -0.2) is 21.6 Å². The number of rotatable bonds is 7. The zero-order chi connectivity index (χ0) is 31.5. The number of amides is 2. The zero-order valence-corrected chi connectivity index (χ0v) is 25.4. The summed E-state index contributed by atoms with van der Waals surface area (Å²) in [6.45, 7) is 2.26. The van der Waals surface area contributed by atoms with E-state index in [0.717, 1.165) is 18.9 Å². The van der Waals surface area contributed by atoms with Crippen molar-refractivity contribution in [2.75, 3.05) is 51.8 Å². The van der Waals surface area contributed by atoms with Gasteiger partial charge in [0.25, 0.3) is 5.91 Å². The SMILES string of the molecule is CC(=O)N1CC2(CCC(F)(F)CC2)c2cc(NC(=O)c3ccc(NS(=O)(=O)CCO)cc3N3CCC4(CC3)CC4)cc(F)c21. The molecular formula is C31H37F3N4O5S. The Morgan fingerprint density at radius 1 is 0.955 bits per heavy atom. The maximum Gasteiger partial charge on any atom is 0.257 e. The van der Waals surface area contributed by atoms with E-state index in [-0.39, 0.29) is 60.8 Å². The van der Waals surface area contributed by atoms with Crippen molar-refractivity contribution in [3.8, 4) is 0 Å². The molecule has 2 amide bonds. The normalized spacial score (nSPS) is 21.3. The lowest BCUT2D eigenvalue weighted by molar-refractivity contribution is -0.116. The van der Waals surface area contributed by atoms with Crippen LogP contribution in [0.2, 0.25) is 0 Å². The van der Waals surface area contributed by atoms with E-state index in [4.69, 9.17) is 5.11 Å². The number of piperidine rings is 1. The van der Waals surface area contributed by atoms with Gasteiger partial charge in [0.1, 0.15) is 5.82 Å². The number of carbonyl (C=O) groups is 2. The Bertz CT molecular complexity index is 1590. The third-order valence-electron chi connectivity index (χ3n) is 9.94. The third kappa shape index (κ3) is 5.88. The summed E-state index contributed by atoms with van der Waals surface area (Å²) in [5.74, 6) is -4.93. The first-order valence-corrected chi connectivity index (χ1v) is 16.7. The molecule has 2 aliphatic carbocycles. The highest BCUT2D eigenvalue weighted by Crippen LogP contribution is 2.55. The van der Waals surface area contributed by atoms with Crippen LogP contribution in [0, 0.1) is 11.2 Å². The van der Waals surface area contributed by atoms with Crippen molar-refractivity contribution >= 4 is 44.6 Å². The van der Waals surface area contributed by atoms with Gasteiger partial charge in [-0.15, -0.1) is 0 Å². The number of benzene rings is 2. The minimum atomic E-state index is -3.80. The largest absolute Gasteiger partial charge is 0.395 e. The lowest BCUT2D eigenvalue weighted by Gasteiger charge is -2.37. The molecule has 3 N–H and O–H groups in total. The minimum Gasteiger partial charge on any atom is -0.395 e. The number of fused-ring (bicyclic) bond motifs is 2. The van der Waals surface area contributed by atoms with Crippen molar-refractivity contribution < 1.29 is 36.3 Å². The maximum atomic E-state index is 15.6. The highest BCUT2D eigenvalue weighted by atomic mass is 32.2. The highest BCUT2D eigenvalue weighted by Gasteiger charge is 2.51. The number of sulfonamides is 1. The topological polar surface area (TPSA) is 119 Å². The minimum absolute atomic E-state index is 0.0724. The molecule has 238 valence electrons. The molecule has 0 atom stereocenters. The number of nitrogens with one attached hydrogen (secondary N) is 2. The molecule has 0 radical (unpaired) electrons. The first kappa shape index (κ1) is 30.7. The molecule has 2 aromatic carbocycles. The number of nitrogens with zero attached hydrogens (tertiary/aromatic N) is 2. The van der Waals surface area contributed by atoms with E-state index in [1.807, 2.05) is 4.90 Å². The predicted molar refractivity (Wildman–Crippen MR) is 162 cm³/mol. The Morgan fingerprint density at radius 3 is 2.25 bits per heavy atom. The lowest BCUT2D eigenvalue weighted by Crippen LogP contribution is -2.41. The van der Waals surface area contributed by atoms with Crippen molar-refractivity contribution in [1.82, 2.24) is 0 Å². The fourth-order valence-electron chi connectivity index (χ4n) is 7.10. The molecule has 2 heterocycles. The van der Waals surface area contributed by atoms with Crippen molar-refractivity contribution in [2.24, 2.45) is 5.41 Å². The number of anilines is 4. The van der Waals surface area contributed by atoms with Crippen molar-refractivity contribution in [2.45, 2.75) is 69.6 Å². The van der Waals surface area contributed by atoms with Gasteiger partial charge in [0.05, 0.1) is 35.0 Å². The quantitative estimate of drug-likeness (QED) is 0.394. The standard InChI is InChI=1S/C31H37F3N4O5S/c1-20(40)38-19-30(6-8-31(33,34)9-7-30)24-16-22(17-25(32)27(24)38)35-28(41)23-3-2-21(36-44(42,43)15-14-39)18-26(23)37-12-10-29(4-5-29)11-13-37/h2-3,16-18,36,39H,4-15,19H2,1H3,(H,35,41). The van der Waals surface area contributed by atoms with Crippen LogP contribution in [0.1, 0.15) is 74.2 Å². The van der Waals surface area contributed by atoms with Crippen LogP contribution in [0.15, 0.2) is 30.3 Å². The Hall–Kier alpha value is -3.32. The Balaban J connectivity index is 1.32. The summed E-state index contributed by atoms with van der Waals surface area (Å²) in [6, 6.07) is 7.30. The monoisotopic (exact) mass is 634 g/mol. The molecule has 1 saturated heterocycles. The molecule has 2 spiro atoms. The van der Waals surface area contributed by atoms with Gasteiger partial charge in [-0.05, 0) is 79.8 Å². The van der Waals surface area contributed by atoms with Crippen LogP contribution in [0.3, 0.4) is 0 Å². The second-order valence-electron chi connectivity index (χ2n) is 12.9. The fourth-order valence-corrected chi connectivity index (χ4v) is 7.93. The highest BCUT2D eigenvalue weighted by molar-refractivity contribution is 7.92. The predicted octanol–water partition coefficient (Wildman–Crippen LogP) is 5.01. The second-order valence-corrected chi connectivity index (χ2v) is 14.8. The van der Waals surface area contributed by atoms with Gasteiger partial charge < -0.3 is 20.2 Å². The number of aliphatic hydroxyl groups is 1. The van der Waals surface area contributed by atoms with Gasteiger partial charge in [0.15, 0.2) is 0 Å². The molecule has 4 aliphatic rings. The van der Waals surface area contributed by atoms with Crippen LogP contribution in [-0.4, -0.2) is 63.3 Å². The first-order valence-electron chi connectivity index (χ1n) is 15.1. The lowest BCUT2D eigenvalue weighted by atomic mass is 9.69. The van der Waals surface area contributed by atoms with E-state index in [1.54, 1.807) is 12.1 Å². The Morgan fingerprint density at radius 2 is 1.64 bits per heavy atom. The van der Waals surface area contributed by atoms with Crippen LogP contribution in [0.4, 0.5) is 35.9 Å². The van der Waals surface area contributed by atoms with E-state index in [2.05, 4.69) is 10.0 Å². The van der Waals surface area contributed by atoms with Crippen molar-refractivity contribution in [1.29, 1.82) is 0 Å². The molecule has 0 aromatic heterocycles. The van der Waals surface area contributed by atoms with Gasteiger partial charge >= 0.3 is 0 Å². The van der Waals surface area contributed by atoms with E-state index < -0.39 is 45.4 Å². The second kappa shape index (κ2) is 10.9. The van der Waals surface area contributed by atoms with Crippen LogP contribution >= 0.6 is 0 Å². The number of hydrogen-bond acceptors (Lipinski definition) is 6. The molecule has 9 nitrogen and oxygen atoms in total. The van der Waals surface area contributed by atoms with Crippen LogP contribution < -0.4 is 19.8 Å². The van der Waals surface area contributed by atoms with Crippen LogP contribution in [-0.2, 0) is 20.2 Å². The van der Waals surface area contributed by atoms with Crippen LogP contribution in [0.25, 0.3) is 0 Å². The van der Waals surface area contributed by atoms with Gasteiger partial charge in [0.2, 0.25) is 21.9 Å². The average Bonchev–Trinajstić information content (AvgIpc) is 3.62. The summed E-state index contributed by atoms with van der Waals surface area (Å²) in [6.07, 6.45) is 3.70. The molecule has 44 heavy (non-hydrogen) atoms. The van der Waals surface area contributed by atoms with E-state index in [9.17, 15) is 26.8 Å². The Kier molecular flexibility index (Phi) is 7.63. The number of alkyl halides is 2. The maximum absolute atomic E-state index is 15.6. The molecule has 2 aromatic rings. The summed E-state index contributed by atoms with van der Waals surface area (Å²) in [5, 5.41) is 11.9. The Labute approximate surface area is 254 Å². The summed E-state index contributed by atoms with van der Waals surface area (Å²) in [5.41, 5.74) is 1.21. The van der Waals surface area contributed by atoms with Gasteiger partial charge in [-0.1, -0.05) is 0 Å². The summed E-state index contributed by atoms with van der Waals surface area (Å²) in [7, 11) is -3.80. The zero-order valence-electron chi connectivity index (χ0n) is 24.6. The molecule has 2 aliphatic heterocycles. The van der Waals surface area contributed by atoms with Crippen molar-refractivity contribution in [3.05, 3.63) is 47.3 Å². The van der Waals surface area contributed by atoms with Gasteiger partial charge in [-0.3, -0.25) is 14.3 Å². The average molecular weight is 635 g/mol. The smallest absolute Gasteiger partial charge is 0.257 e. The van der Waals surface area contributed by atoms with Crippen molar-refractivity contribution in [3.63, 3.8) is 0 Å². The summed E-state index contributed by atoms with van der Waals surface area (Å²) in [4.78, 5) is 29.5. The molecular weight excluding hydrogens is 597 g/mol. The summed E-state index contributed by atoms with van der Waals surface area (Å²) < 4.78 is 71.0. The third-order valence-corrected chi connectivity index (χ3v) is 11.2. The number of aliphatic hydroxyl groups excluding tert-OH is 1. The van der Waals surface area contributed by atoms with Gasteiger partial charge in [0, 0.05) is 50.5 Å². The fraction of sp³-hybridized carbons (Fsp3) is 0.548.